The molecule has 5 nitrogen and oxygen atoms in total. The molecule has 2 aromatic carbocycles. The van der Waals surface area contributed by atoms with Crippen molar-refractivity contribution in [3.05, 3.63) is 72.3 Å². The Bertz CT molecular complexity index is 774. The van der Waals surface area contributed by atoms with Crippen LogP contribution >= 0.6 is 0 Å². The molecule has 0 aromatic heterocycles. The van der Waals surface area contributed by atoms with Crippen LogP contribution in [-0.4, -0.2) is 11.9 Å². The standard InChI is InChI=1S/C19H17NO4/c1-13(2)19(22)24-17-10-8-16(9-11-17)23-18(21)12-5-14-3-6-15(20)7-4-14/h3-12H,1,20H2,2H3. The SMILES string of the molecule is C=C(C)C(=O)Oc1ccc(OC(=O)C=Cc2ccc(N)cc2)cc1. The predicted octanol–water partition coefficient (Wildman–Crippen LogP) is 3.37. The molecule has 2 N–H and O–H groups in total. The number of rotatable bonds is 5. The Balaban J connectivity index is 1.93. The molecule has 0 heterocycles. The molecule has 2 rings (SSSR count). The Kier molecular flexibility index (Phi) is 5.52. The van der Waals surface area contributed by atoms with Crippen molar-refractivity contribution < 1.29 is 19.1 Å². The molecular weight excluding hydrogens is 306 g/mol. The van der Waals surface area contributed by atoms with Crippen LogP contribution in [-0.2, 0) is 9.59 Å². The van der Waals surface area contributed by atoms with E-state index in [1.54, 1.807) is 37.3 Å². The van der Waals surface area contributed by atoms with Crippen LogP contribution in [0.25, 0.3) is 6.08 Å². The summed E-state index contributed by atoms with van der Waals surface area (Å²) in [5.41, 5.74) is 7.39. The molecule has 0 amide bonds. The van der Waals surface area contributed by atoms with Gasteiger partial charge >= 0.3 is 11.9 Å². The largest absolute Gasteiger partial charge is 0.423 e. The van der Waals surface area contributed by atoms with E-state index >= 15 is 0 Å². The van der Waals surface area contributed by atoms with Crippen molar-refractivity contribution in [1.82, 2.24) is 0 Å². The van der Waals surface area contributed by atoms with E-state index in [2.05, 4.69) is 6.58 Å². The molecule has 0 aliphatic heterocycles. The molecule has 2 aromatic rings. The number of anilines is 1. The summed E-state index contributed by atoms with van der Waals surface area (Å²) in [6.45, 7) is 5.06. The van der Waals surface area contributed by atoms with Crippen LogP contribution in [0.15, 0.2) is 66.8 Å². The van der Waals surface area contributed by atoms with Crippen molar-refractivity contribution in [2.45, 2.75) is 6.92 Å². The second-order valence-electron chi connectivity index (χ2n) is 5.06. The first-order valence-electron chi connectivity index (χ1n) is 7.17. The molecule has 0 spiro atoms. The highest BCUT2D eigenvalue weighted by Gasteiger charge is 2.06. The summed E-state index contributed by atoms with van der Waals surface area (Å²) in [6.07, 6.45) is 2.95. The van der Waals surface area contributed by atoms with Crippen molar-refractivity contribution in [2.24, 2.45) is 0 Å². The average molecular weight is 323 g/mol. The maximum Gasteiger partial charge on any atom is 0.338 e. The van der Waals surface area contributed by atoms with Crippen LogP contribution in [0.1, 0.15) is 12.5 Å². The van der Waals surface area contributed by atoms with Gasteiger partial charge in [0.05, 0.1) is 0 Å². The topological polar surface area (TPSA) is 78.6 Å². The molecule has 0 aliphatic carbocycles. The molecule has 0 bridgehead atoms. The van der Waals surface area contributed by atoms with Gasteiger partial charge in [-0.25, -0.2) is 9.59 Å². The molecule has 0 saturated carbocycles. The Morgan fingerprint density at radius 3 is 2.04 bits per heavy atom. The highest BCUT2D eigenvalue weighted by molar-refractivity contribution is 5.89. The van der Waals surface area contributed by atoms with Gasteiger partial charge in [-0.15, -0.1) is 0 Å². The van der Waals surface area contributed by atoms with E-state index in [9.17, 15) is 9.59 Å². The molecule has 5 heteroatoms. The van der Waals surface area contributed by atoms with Crippen LogP contribution < -0.4 is 15.2 Å². The van der Waals surface area contributed by atoms with Crippen LogP contribution in [0, 0.1) is 0 Å². The molecule has 24 heavy (non-hydrogen) atoms. The van der Waals surface area contributed by atoms with E-state index < -0.39 is 11.9 Å². The minimum atomic E-state index is -0.515. The molecular formula is C19H17NO4. The first-order valence-corrected chi connectivity index (χ1v) is 7.17. The van der Waals surface area contributed by atoms with Gasteiger partial charge in [0.15, 0.2) is 0 Å². The van der Waals surface area contributed by atoms with E-state index in [0.29, 0.717) is 22.8 Å². The van der Waals surface area contributed by atoms with Gasteiger partial charge in [-0.3, -0.25) is 0 Å². The highest BCUT2D eigenvalue weighted by atomic mass is 16.5. The zero-order chi connectivity index (χ0) is 17.5. The third-order valence-electron chi connectivity index (χ3n) is 2.95. The number of nitrogen functional groups attached to an aromatic ring is 1. The van der Waals surface area contributed by atoms with Crippen LogP contribution in [0.3, 0.4) is 0 Å². The fourth-order valence-electron chi connectivity index (χ4n) is 1.69. The number of carbonyl (C=O) groups excluding carboxylic acids is 2. The second-order valence-corrected chi connectivity index (χ2v) is 5.06. The first-order chi connectivity index (χ1) is 11.4. The molecule has 0 fully saturated rings. The number of carbonyl (C=O) groups is 2. The van der Waals surface area contributed by atoms with Gasteiger partial charge in [0.25, 0.3) is 0 Å². The minimum Gasteiger partial charge on any atom is -0.423 e. The highest BCUT2D eigenvalue weighted by Crippen LogP contribution is 2.18. The van der Waals surface area contributed by atoms with Crippen molar-refractivity contribution in [3.63, 3.8) is 0 Å². The molecule has 0 radical (unpaired) electrons. The zero-order valence-corrected chi connectivity index (χ0v) is 13.2. The Labute approximate surface area is 140 Å². The van der Waals surface area contributed by atoms with Crippen molar-refractivity contribution >= 4 is 23.7 Å². The normalized spacial score (nSPS) is 10.4. The van der Waals surface area contributed by atoms with Gasteiger partial charge in [0.2, 0.25) is 0 Å². The van der Waals surface area contributed by atoms with Gasteiger partial charge in [0.1, 0.15) is 11.5 Å². The third-order valence-corrected chi connectivity index (χ3v) is 2.95. The summed E-state index contributed by atoms with van der Waals surface area (Å²) >= 11 is 0. The molecule has 122 valence electrons. The Morgan fingerprint density at radius 2 is 1.50 bits per heavy atom. The van der Waals surface area contributed by atoms with Gasteiger partial charge in [-0.05, 0) is 55.0 Å². The fourth-order valence-corrected chi connectivity index (χ4v) is 1.69. The monoisotopic (exact) mass is 323 g/mol. The van der Waals surface area contributed by atoms with Crippen molar-refractivity contribution in [2.75, 3.05) is 5.73 Å². The van der Waals surface area contributed by atoms with Crippen LogP contribution in [0.2, 0.25) is 0 Å². The van der Waals surface area contributed by atoms with E-state index in [1.807, 2.05) is 0 Å². The van der Waals surface area contributed by atoms with Gasteiger partial charge in [0, 0.05) is 17.3 Å². The smallest absolute Gasteiger partial charge is 0.338 e. The number of hydrogen-bond acceptors (Lipinski definition) is 5. The minimum absolute atomic E-state index is 0.304. The van der Waals surface area contributed by atoms with E-state index in [4.69, 9.17) is 15.2 Å². The van der Waals surface area contributed by atoms with Crippen LogP contribution in [0.5, 0.6) is 11.5 Å². The second kappa shape index (κ2) is 7.78. The molecule has 0 atom stereocenters. The summed E-state index contributed by atoms with van der Waals surface area (Å²) in [4.78, 5) is 23.2. The maximum atomic E-state index is 11.8. The van der Waals surface area contributed by atoms with E-state index in [-0.39, 0.29) is 0 Å². The summed E-state index contributed by atoms with van der Waals surface area (Å²) in [7, 11) is 0. The quantitative estimate of drug-likeness (QED) is 0.395. The lowest BCUT2D eigenvalue weighted by atomic mass is 10.2. The van der Waals surface area contributed by atoms with Crippen molar-refractivity contribution in [3.8, 4) is 11.5 Å². The van der Waals surface area contributed by atoms with Gasteiger partial charge < -0.3 is 15.2 Å². The zero-order valence-electron chi connectivity index (χ0n) is 13.2. The maximum absolute atomic E-state index is 11.8. The Hall–Kier alpha value is -3.34. The lowest BCUT2D eigenvalue weighted by molar-refractivity contribution is -0.130. The number of nitrogens with two attached hydrogens (primary N) is 1. The lowest BCUT2D eigenvalue weighted by Crippen LogP contribution is -2.08. The summed E-state index contributed by atoms with van der Waals surface area (Å²) in [5, 5.41) is 0. The summed E-state index contributed by atoms with van der Waals surface area (Å²) < 4.78 is 10.2. The first kappa shape index (κ1) is 17.0. The number of ether oxygens (including phenoxy) is 2. The number of hydrogen-bond donors (Lipinski definition) is 1. The molecule has 0 unspecified atom stereocenters. The third kappa shape index (κ3) is 5.14. The van der Waals surface area contributed by atoms with E-state index in [0.717, 1.165) is 5.56 Å². The van der Waals surface area contributed by atoms with Gasteiger partial charge in [-0.2, -0.15) is 0 Å². The van der Waals surface area contributed by atoms with Crippen molar-refractivity contribution in [1.29, 1.82) is 0 Å². The Morgan fingerprint density at radius 1 is 0.958 bits per heavy atom. The van der Waals surface area contributed by atoms with Crippen LogP contribution in [0.4, 0.5) is 5.69 Å². The number of esters is 2. The van der Waals surface area contributed by atoms with Gasteiger partial charge in [-0.1, -0.05) is 18.7 Å². The summed E-state index contributed by atoms with van der Waals surface area (Å²) in [6, 6.07) is 13.2. The fraction of sp³-hybridized carbons (Fsp3) is 0.0526. The van der Waals surface area contributed by atoms with E-state index in [1.165, 1.54) is 30.3 Å². The molecule has 0 saturated heterocycles. The lowest BCUT2D eigenvalue weighted by Gasteiger charge is -2.05. The average Bonchev–Trinajstić information content (AvgIpc) is 2.56. The number of benzene rings is 2. The summed E-state index contributed by atoms with van der Waals surface area (Å²) in [5.74, 6) is -0.332. The molecule has 0 aliphatic rings. The predicted molar refractivity (Wildman–Crippen MR) is 92.4 cm³/mol.